The number of aromatic carboxylic acids is 1. The lowest BCUT2D eigenvalue weighted by molar-refractivity contribution is 0.0696. The second kappa shape index (κ2) is 15.8. The molecule has 216 valence electrons. The van der Waals surface area contributed by atoms with Crippen LogP contribution in [0.5, 0.6) is 5.75 Å². The Bertz CT molecular complexity index is 1100. The highest BCUT2D eigenvalue weighted by Crippen LogP contribution is 2.42. The van der Waals surface area contributed by atoms with Crippen molar-refractivity contribution in [1.29, 1.82) is 0 Å². The maximum atomic E-state index is 13.4. The fraction of sp³-hybridized carbons (Fsp3) is 0.633. The summed E-state index contributed by atoms with van der Waals surface area (Å²) >= 11 is 1.33. The number of hydrogen-bond donors (Lipinski definition) is 2. The van der Waals surface area contributed by atoms with Gasteiger partial charge in [-0.3, -0.25) is 4.72 Å². The summed E-state index contributed by atoms with van der Waals surface area (Å²) in [6.45, 7) is 3.73. The molecule has 0 unspecified atom stereocenters. The highest BCUT2D eigenvalue weighted by molar-refractivity contribution is 8.21. The van der Waals surface area contributed by atoms with Crippen LogP contribution in [-0.2, 0) is 10.0 Å². The van der Waals surface area contributed by atoms with Crippen molar-refractivity contribution in [1.82, 2.24) is 0 Å². The van der Waals surface area contributed by atoms with E-state index in [9.17, 15) is 18.3 Å². The number of sulfonamides is 1. The first kappa shape index (κ1) is 31.7. The maximum Gasteiger partial charge on any atom is 0.335 e. The molecule has 0 aromatic heterocycles. The Labute approximate surface area is 240 Å². The van der Waals surface area contributed by atoms with Gasteiger partial charge in [-0.15, -0.1) is 0 Å². The van der Waals surface area contributed by atoms with Gasteiger partial charge in [0.25, 0.3) is 10.0 Å². The van der Waals surface area contributed by atoms with Crippen molar-refractivity contribution in [3.8, 4) is 5.75 Å². The van der Waals surface area contributed by atoms with Gasteiger partial charge in [-0.05, 0) is 55.7 Å². The number of benzene rings is 1. The Morgan fingerprint density at radius 2 is 1.54 bits per heavy atom. The summed E-state index contributed by atoms with van der Waals surface area (Å²) in [7, 11) is -1.09. The van der Waals surface area contributed by atoms with Crippen molar-refractivity contribution < 1.29 is 23.1 Å². The Hall–Kier alpha value is -1.87. The molecule has 2 aliphatic rings. The van der Waals surface area contributed by atoms with Crippen LogP contribution in [0, 0.1) is 5.92 Å². The Kier molecular flexibility index (Phi) is 12.8. The number of thioether (sulfide) groups is 1. The average molecular weight is 576 g/mol. The number of nitrogens with one attached hydrogen (secondary N) is 1. The lowest BCUT2D eigenvalue weighted by Gasteiger charge is -2.28. The van der Waals surface area contributed by atoms with Crippen LogP contribution in [0.3, 0.4) is 0 Å². The van der Waals surface area contributed by atoms with E-state index in [0.29, 0.717) is 5.92 Å². The highest BCUT2D eigenvalue weighted by atomic mass is 32.3. The van der Waals surface area contributed by atoms with Crippen LogP contribution >= 0.6 is 11.8 Å². The lowest BCUT2D eigenvalue weighted by Crippen LogP contribution is -2.17. The van der Waals surface area contributed by atoms with E-state index in [4.69, 9.17) is 4.74 Å². The van der Waals surface area contributed by atoms with Gasteiger partial charge in [0.05, 0.1) is 18.4 Å². The van der Waals surface area contributed by atoms with Crippen LogP contribution in [0.2, 0.25) is 11.6 Å². The number of carboxylic acids is 1. The van der Waals surface area contributed by atoms with E-state index in [0.717, 1.165) is 29.4 Å². The number of allylic oxidation sites excluding steroid dienone is 3. The van der Waals surface area contributed by atoms with E-state index in [2.05, 4.69) is 10.8 Å². The first-order chi connectivity index (χ1) is 18.8. The SMILES string of the molecule is C/C=C(\S/C(=C\C)S(=O)(=O)Nc1ccc(C(=O)O)cc1OC)C1CCCC(BC2CCCCCCC2)CCC1. The summed E-state index contributed by atoms with van der Waals surface area (Å²) in [5, 5.41) is 9.24. The molecule has 2 saturated carbocycles. The van der Waals surface area contributed by atoms with Crippen LogP contribution in [-0.4, -0.2) is 33.9 Å². The van der Waals surface area contributed by atoms with Gasteiger partial charge in [0.15, 0.2) is 0 Å². The summed E-state index contributed by atoms with van der Waals surface area (Å²) in [5.41, 5.74) is 0.244. The summed E-state index contributed by atoms with van der Waals surface area (Å²) < 4.78 is 34.8. The van der Waals surface area contributed by atoms with E-state index in [-0.39, 0.29) is 21.2 Å². The molecule has 0 amide bonds. The molecule has 0 atom stereocenters. The molecule has 2 fully saturated rings. The van der Waals surface area contributed by atoms with Crippen molar-refractivity contribution in [3.05, 3.63) is 45.1 Å². The van der Waals surface area contributed by atoms with Crippen molar-refractivity contribution in [3.63, 3.8) is 0 Å². The van der Waals surface area contributed by atoms with Gasteiger partial charge in [-0.25, -0.2) is 13.2 Å². The maximum absolute atomic E-state index is 13.4. The van der Waals surface area contributed by atoms with Crippen molar-refractivity contribution in [2.24, 2.45) is 5.92 Å². The lowest BCUT2D eigenvalue weighted by atomic mass is 9.49. The molecule has 1 aromatic rings. The van der Waals surface area contributed by atoms with Gasteiger partial charge in [-0.1, -0.05) is 106 Å². The number of carbonyl (C=O) groups is 1. The van der Waals surface area contributed by atoms with E-state index in [1.807, 2.05) is 6.92 Å². The molecule has 1 aromatic carbocycles. The minimum atomic E-state index is -3.88. The van der Waals surface area contributed by atoms with Gasteiger partial charge < -0.3 is 9.84 Å². The number of ether oxygens (including phenoxy) is 1. The van der Waals surface area contributed by atoms with Crippen LogP contribution in [0.4, 0.5) is 5.69 Å². The smallest absolute Gasteiger partial charge is 0.335 e. The predicted octanol–water partition coefficient (Wildman–Crippen LogP) is 8.36. The molecular formula is C30H46BNO5S2. The second-order valence-electron chi connectivity index (χ2n) is 11.1. The van der Waals surface area contributed by atoms with Gasteiger partial charge in [0, 0.05) is 0 Å². The van der Waals surface area contributed by atoms with E-state index in [1.165, 1.54) is 115 Å². The number of hydrogen-bond acceptors (Lipinski definition) is 5. The number of rotatable bonds is 10. The topological polar surface area (TPSA) is 92.7 Å². The summed E-state index contributed by atoms with van der Waals surface area (Å²) in [5.74, 6) is 1.20. The highest BCUT2D eigenvalue weighted by Gasteiger charge is 2.27. The standard InChI is InChI=1S/C30H46BNO5S2/c1-4-28(22-13-11-17-25(18-12-14-22)31-24-15-9-7-6-8-10-16-24)38-29(5-2)39(35,36)32-26-20-19-23(30(33)34)21-27(26)37-3/h4-5,19-22,24-25,31-32H,6-18H2,1-3H3,(H,33,34)/b28-4-,29-5+. The van der Waals surface area contributed by atoms with Gasteiger partial charge in [0.1, 0.15) is 17.3 Å². The molecule has 0 saturated heterocycles. The quantitative estimate of drug-likeness (QED) is 0.272. The van der Waals surface area contributed by atoms with Crippen LogP contribution < -0.4 is 9.46 Å². The molecule has 0 heterocycles. The zero-order valence-corrected chi connectivity index (χ0v) is 25.5. The number of methoxy groups -OCH3 is 1. The zero-order chi connectivity index (χ0) is 28.3. The molecule has 3 rings (SSSR count). The van der Waals surface area contributed by atoms with Gasteiger partial charge in [-0.2, -0.15) is 0 Å². The van der Waals surface area contributed by atoms with Crippen LogP contribution in [0.1, 0.15) is 108 Å². The average Bonchev–Trinajstić information content (AvgIpc) is 2.87. The molecule has 0 radical (unpaired) electrons. The summed E-state index contributed by atoms with van der Waals surface area (Å²) in [6.07, 6.45) is 20.8. The predicted molar refractivity (Wildman–Crippen MR) is 166 cm³/mol. The van der Waals surface area contributed by atoms with Crippen LogP contribution in [0.15, 0.2) is 39.5 Å². The van der Waals surface area contributed by atoms with E-state index in [1.54, 1.807) is 13.0 Å². The molecule has 2 aliphatic carbocycles. The normalized spacial score (nSPS) is 22.6. The Morgan fingerprint density at radius 3 is 2.08 bits per heavy atom. The van der Waals surface area contributed by atoms with Gasteiger partial charge in [0.2, 0.25) is 0 Å². The van der Waals surface area contributed by atoms with Gasteiger partial charge >= 0.3 is 5.97 Å². The molecule has 6 nitrogen and oxygen atoms in total. The molecule has 0 aliphatic heterocycles. The zero-order valence-electron chi connectivity index (χ0n) is 23.9. The second-order valence-corrected chi connectivity index (χ2v) is 14.1. The first-order valence-corrected chi connectivity index (χ1v) is 17.0. The Morgan fingerprint density at radius 1 is 0.949 bits per heavy atom. The number of anilines is 1. The van der Waals surface area contributed by atoms with Crippen molar-refractivity contribution in [2.45, 2.75) is 109 Å². The van der Waals surface area contributed by atoms with E-state index >= 15 is 0 Å². The van der Waals surface area contributed by atoms with Crippen molar-refractivity contribution >= 4 is 40.7 Å². The monoisotopic (exact) mass is 575 g/mol. The molecule has 9 heteroatoms. The third kappa shape index (κ3) is 9.63. The largest absolute Gasteiger partial charge is 0.495 e. The van der Waals surface area contributed by atoms with E-state index < -0.39 is 16.0 Å². The third-order valence-corrected chi connectivity index (χ3v) is 11.7. The summed E-state index contributed by atoms with van der Waals surface area (Å²) in [4.78, 5) is 12.4. The number of carboxylic acid groups (broad SMARTS) is 1. The van der Waals surface area contributed by atoms with Crippen LogP contribution in [0.25, 0.3) is 0 Å². The molecule has 0 spiro atoms. The fourth-order valence-corrected chi connectivity index (χ4v) is 8.82. The molecular weight excluding hydrogens is 529 g/mol. The Balaban J connectivity index is 1.60. The minimum Gasteiger partial charge on any atom is -0.495 e. The minimum absolute atomic E-state index is 0.0304. The third-order valence-electron chi connectivity index (χ3n) is 8.32. The molecule has 2 N–H and O–H groups in total. The molecule has 0 bridgehead atoms. The van der Waals surface area contributed by atoms with Crippen molar-refractivity contribution in [2.75, 3.05) is 11.8 Å². The summed E-state index contributed by atoms with van der Waals surface area (Å²) in [6, 6.07) is 4.11. The first-order valence-electron chi connectivity index (χ1n) is 14.7. The fourth-order valence-electron chi connectivity index (χ4n) is 6.23. The molecule has 39 heavy (non-hydrogen) atoms.